The van der Waals surface area contributed by atoms with Gasteiger partial charge in [0.2, 0.25) is 0 Å². The van der Waals surface area contributed by atoms with Crippen molar-refractivity contribution < 1.29 is 14.3 Å². The zero-order valence-electron chi connectivity index (χ0n) is 23.5. The number of ketones is 1. The summed E-state index contributed by atoms with van der Waals surface area (Å²) in [6, 6.07) is 10.3. The second-order valence-corrected chi connectivity index (χ2v) is 11.3. The summed E-state index contributed by atoms with van der Waals surface area (Å²) in [5.74, 6) is 0.180. The third kappa shape index (κ3) is 6.66. The average Bonchev–Trinajstić information content (AvgIpc) is 3.18. The lowest BCUT2D eigenvalue weighted by atomic mass is 9.84. The number of nitrogens with zero attached hydrogens (tertiary/aromatic N) is 4. The Morgan fingerprint density at radius 3 is 2.37 bits per heavy atom. The molecule has 38 heavy (non-hydrogen) atoms. The number of ether oxygens (including phenoxy) is 1. The van der Waals surface area contributed by atoms with E-state index in [1.54, 1.807) is 0 Å². The molecule has 2 aromatic rings. The minimum Gasteiger partial charge on any atom is -0.465 e. The van der Waals surface area contributed by atoms with E-state index in [4.69, 9.17) is 10.1 Å². The van der Waals surface area contributed by atoms with E-state index < -0.39 is 0 Å². The van der Waals surface area contributed by atoms with E-state index in [0.29, 0.717) is 36.8 Å². The predicted molar refractivity (Wildman–Crippen MR) is 149 cm³/mol. The number of carbonyl (C=O) groups is 2. The van der Waals surface area contributed by atoms with Gasteiger partial charge in [-0.15, -0.1) is 0 Å². The van der Waals surface area contributed by atoms with Crippen LogP contribution in [0, 0.1) is 5.41 Å². The van der Waals surface area contributed by atoms with E-state index >= 15 is 0 Å². The number of pyridine rings is 1. The molecule has 2 aliphatic heterocycles. The lowest BCUT2D eigenvalue weighted by Crippen LogP contribution is -2.47. The van der Waals surface area contributed by atoms with Gasteiger partial charge in [-0.2, -0.15) is 0 Å². The molecule has 0 radical (unpaired) electrons. The van der Waals surface area contributed by atoms with Crippen molar-refractivity contribution in [2.45, 2.75) is 59.5 Å². The van der Waals surface area contributed by atoms with Crippen LogP contribution in [0.3, 0.4) is 0 Å². The van der Waals surface area contributed by atoms with E-state index in [-0.39, 0.29) is 23.7 Å². The van der Waals surface area contributed by atoms with E-state index in [0.717, 1.165) is 61.5 Å². The Morgan fingerprint density at radius 1 is 1.00 bits per heavy atom. The Kier molecular flexibility index (Phi) is 8.63. The maximum atomic E-state index is 13.5. The summed E-state index contributed by atoms with van der Waals surface area (Å²) >= 11 is 0. The standard InChI is InChI=1S/C30H41N5O3/c1-6-25-9-8-22-18-35(29(31)28(22)32-25)19-26(36)23-14-21(15-24(16-23)30(3,4)5)17-33-10-12-34(13-11-33)20-27(37)38-7-2/h8-9,14-16,31H,6-7,10-13,17-20H2,1-5H3. The van der Waals surface area contributed by atoms with Crippen LogP contribution in [0.2, 0.25) is 0 Å². The molecule has 8 heteroatoms. The van der Waals surface area contributed by atoms with Crippen LogP contribution < -0.4 is 0 Å². The van der Waals surface area contributed by atoms with E-state index in [1.165, 1.54) is 0 Å². The van der Waals surface area contributed by atoms with Gasteiger partial charge in [-0.3, -0.25) is 24.8 Å². The first-order valence-corrected chi connectivity index (χ1v) is 13.7. The van der Waals surface area contributed by atoms with E-state index in [1.807, 2.05) is 36.1 Å². The monoisotopic (exact) mass is 519 g/mol. The van der Waals surface area contributed by atoms with Crippen molar-refractivity contribution in [2.24, 2.45) is 0 Å². The van der Waals surface area contributed by atoms with Gasteiger partial charge in [0.15, 0.2) is 5.78 Å². The highest BCUT2D eigenvalue weighted by Gasteiger charge is 2.28. The Labute approximate surface area is 226 Å². The third-order valence-corrected chi connectivity index (χ3v) is 7.34. The molecule has 1 fully saturated rings. The molecule has 0 unspecified atom stereocenters. The molecule has 204 valence electrons. The number of rotatable bonds is 9. The van der Waals surface area contributed by atoms with Gasteiger partial charge in [0.25, 0.3) is 0 Å². The number of carbonyl (C=O) groups excluding carboxylic acids is 2. The van der Waals surface area contributed by atoms with Crippen LogP contribution >= 0.6 is 0 Å². The highest BCUT2D eigenvalue weighted by Crippen LogP contribution is 2.27. The van der Waals surface area contributed by atoms with Crippen molar-refractivity contribution in [3.05, 3.63) is 64.0 Å². The third-order valence-electron chi connectivity index (χ3n) is 7.34. The number of nitrogens with one attached hydrogen (secondary N) is 1. The van der Waals surface area contributed by atoms with Crippen molar-refractivity contribution in [3.8, 4) is 0 Å². The van der Waals surface area contributed by atoms with Crippen LogP contribution in [-0.2, 0) is 34.5 Å². The number of piperazine rings is 1. The summed E-state index contributed by atoms with van der Waals surface area (Å²) in [5.41, 5.74) is 5.52. The maximum absolute atomic E-state index is 13.5. The minimum absolute atomic E-state index is 0.0184. The molecule has 1 aromatic heterocycles. The molecule has 0 amide bonds. The topological polar surface area (TPSA) is 89.8 Å². The predicted octanol–water partition coefficient (Wildman–Crippen LogP) is 3.65. The van der Waals surface area contributed by atoms with Crippen molar-refractivity contribution in [1.29, 1.82) is 5.41 Å². The molecular weight excluding hydrogens is 478 g/mol. The second-order valence-electron chi connectivity index (χ2n) is 11.3. The normalized spacial score (nSPS) is 16.6. The number of hydrogen-bond acceptors (Lipinski definition) is 7. The van der Waals surface area contributed by atoms with Crippen LogP contribution in [0.15, 0.2) is 30.3 Å². The lowest BCUT2D eigenvalue weighted by Gasteiger charge is -2.34. The molecule has 3 heterocycles. The molecule has 2 aliphatic rings. The largest absolute Gasteiger partial charge is 0.465 e. The van der Waals surface area contributed by atoms with Crippen LogP contribution in [0.1, 0.15) is 73.1 Å². The second kappa shape index (κ2) is 11.7. The summed E-state index contributed by atoms with van der Waals surface area (Å²) < 4.78 is 5.08. The zero-order chi connectivity index (χ0) is 27.4. The van der Waals surface area contributed by atoms with Gasteiger partial charge in [-0.05, 0) is 48.1 Å². The molecular formula is C30H41N5O3. The number of hydrogen-bond donors (Lipinski definition) is 1. The van der Waals surface area contributed by atoms with Crippen molar-refractivity contribution in [1.82, 2.24) is 19.7 Å². The number of amidine groups is 1. The first-order valence-electron chi connectivity index (χ1n) is 13.7. The van der Waals surface area contributed by atoms with Crippen molar-refractivity contribution >= 4 is 17.6 Å². The number of aryl methyl sites for hydroxylation is 1. The lowest BCUT2D eigenvalue weighted by molar-refractivity contribution is -0.144. The quantitative estimate of drug-likeness (QED) is 0.400. The fourth-order valence-corrected chi connectivity index (χ4v) is 5.02. The van der Waals surface area contributed by atoms with Crippen LogP contribution in [0.5, 0.6) is 0 Å². The van der Waals surface area contributed by atoms with Gasteiger partial charge in [-0.1, -0.05) is 39.8 Å². The highest BCUT2D eigenvalue weighted by atomic mass is 16.5. The van der Waals surface area contributed by atoms with Crippen molar-refractivity contribution in [2.75, 3.05) is 45.9 Å². The van der Waals surface area contributed by atoms with Crippen LogP contribution in [0.4, 0.5) is 0 Å². The molecule has 0 saturated carbocycles. The highest BCUT2D eigenvalue weighted by molar-refractivity contribution is 6.04. The first-order chi connectivity index (χ1) is 18.1. The molecule has 0 aliphatic carbocycles. The zero-order valence-corrected chi connectivity index (χ0v) is 23.5. The van der Waals surface area contributed by atoms with Gasteiger partial charge in [0, 0.05) is 56.1 Å². The number of fused-ring (bicyclic) bond motifs is 1. The molecule has 4 rings (SSSR count). The maximum Gasteiger partial charge on any atom is 0.320 e. The Morgan fingerprint density at radius 2 is 1.71 bits per heavy atom. The van der Waals surface area contributed by atoms with E-state index in [9.17, 15) is 9.59 Å². The summed E-state index contributed by atoms with van der Waals surface area (Å²) in [6.07, 6.45) is 0.822. The molecule has 0 spiro atoms. The fraction of sp³-hybridized carbons (Fsp3) is 0.533. The summed E-state index contributed by atoms with van der Waals surface area (Å²) in [6.45, 7) is 15.9. The van der Waals surface area contributed by atoms with Crippen molar-refractivity contribution in [3.63, 3.8) is 0 Å². The average molecular weight is 520 g/mol. The molecule has 0 atom stereocenters. The smallest absolute Gasteiger partial charge is 0.320 e. The SMILES string of the molecule is CCOC(=O)CN1CCN(Cc2cc(C(=O)CN3Cc4ccc(CC)nc4C3=N)cc(C(C)(C)C)c2)CC1. The number of aromatic nitrogens is 1. The Balaban J connectivity index is 1.44. The summed E-state index contributed by atoms with van der Waals surface area (Å²) in [5, 5.41) is 8.62. The summed E-state index contributed by atoms with van der Waals surface area (Å²) in [7, 11) is 0. The van der Waals surface area contributed by atoms with E-state index in [2.05, 4.69) is 48.5 Å². The Bertz CT molecular complexity index is 1190. The fourth-order valence-electron chi connectivity index (χ4n) is 5.02. The van der Waals surface area contributed by atoms with Gasteiger partial charge >= 0.3 is 5.97 Å². The number of benzene rings is 1. The molecule has 0 bridgehead atoms. The summed E-state index contributed by atoms with van der Waals surface area (Å²) in [4.78, 5) is 36.3. The first kappa shape index (κ1) is 27.9. The molecule has 1 saturated heterocycles. The number of esters is 1. The molecule has 8 nitrogen and oxygen atoms in total. The number of Topliss-reactive ketones (excluding diaryl/α,β-unsaturated/α-hetero) is 1. The van der Waals surface area contributed by atoms with Gasteiger partial charge in [0.05, 0.1) is 19.7 Å². The Hall–Kier alpha value is -3.10. The van der Waals surface area contributed by atoms with Crippen LogP contribution in [0.25, 0.3) is 0 Å². The van der Waals surface area contributed by atoms with Crippen LogP contribution in [-0.4, -0.2) is 83.1 Å². The van der Waals surface area contributed by atoms with Gasteiger partial charge < -0.3 is 9.64 Å². The minimum atomic E-state index is -0.169. The molecule has 1 N–H and O–H groups in total. The van der Waals surface area contributed by atoms with Gasteiger partial charge in [-0.25, -0.2) is 4.98 Å². The molecule has 1 aromatic carbocycles. The van der Waals surface area contributed by atoms with Gasteiger partial charge in [0.1, 0.15) is 11.5 Å².